The molecule has 1 rings (SSSR count). The molecule has 1 fully saturated rings. The zero-order valence-corrected chi connectivity index (χ0v) is 15.7. The van der Waals surface area contributed by atoms with Crippen LogP contribution in [0.15, 0.2) is 0 Å². The van der Waals surface area contributed by atoms with E-state index in [0.717, 1.165) is 31.4 Å². The Balaban J connectivity index is 2.45. The van der Waals surface area contributed by atoms with E-state index in [1.165, 1.54) is 0 Å². The maximum atomic E-state index is 12.4. The van der Waals surface area contributed by atoms with Gasteiger partial charge in [-0.25, -0.2) is 4.79 Å². The highest BCUT2D eigenvalue weighted by molar-refractivity contribution is 7.98. The van der Waals surface area contributed by atoms with Gasteiger partial charge in [0.15, 0.2) is 18.0 Å². The lowest BCUT2D eigenvalue weighted by molar-refractivity contribution is -0.144. The second-order valence-electron chi connectivity index (χ2n) is 5.85. The molecule has 0 radical (unpaired) electrons. The molecule has 1 heterocycles. The van der Waals surface area contributed by atoms with E-state index < -0.39 is 30.1 Å². The van der Waals surface area contributed by atoms with Crippen molar-refractivity contribution in [2.45, 2.75) is 70.6 Å². The molecule has 3 atom stereocenters. The zero-order chi connectivity index (χ0) is 17.9. The Morgan fingerprint density at radius 3 is 2.54 bits per heavy atom. The molecule has 1 N–H and O–H groups in total. The molecule has 0 saturated carbocycles. The fourth-order valence-electron chi connectivity index (χ4n) is 2.42. The third kappa shape index (κ3) is 7.21. The zero-order valence-electron chi connectivity index (χ0n) is 14.8. The van der Waals surface area contributed by atoms with E-state index in [9.17, 15) is 14.4 Å². The summed E-state index contributed by atoms with van der Waals surface area (Å²) in [5, 5.41) is 2.75. The molecule has 1 saturated heterocycles. The summed E-state index contributed by atoms with van der Waals surface area (Å²) in [6.45, 7) is 4.07. The summed E-state index contributed by atoms with van der Waals surface area (Å²) in [6, 6.07) is -0.501. The van der Waals surface area contributed by atoms with Crippen LogP contribution in [0.1, 0.15) is 52.4 Å². The summed E-state index contributed by atoms with van der Waals surface area (Å²) < 4.78 is 9.91. The van der Waals surface area contributed by atoms with E-state index in [0.29, 0.717) is 12.8 Å². The second-order valence-corrected chi connectivity index (χ2v) is 6.83. The predicted octanol–water partition coefficient (Wildman–Crippen LogP) is 2.09. The Hall–Kier alpha value is -1.08. The molecule has 0 unspecified atom stereocenters. The van der Waals surface area contributed by atoms with Crippen LogP contribution in [0.4, 0.5) is 0 Å². The van der Waals surface area contributed by atoms with Gasteiger partial charge in [-0.15, -0.1) is 0 Å². The molecule has 0 bridgehead atoms. The van der Waals surface area contributed by atoms with Crippen molar-refractivity contribution in [1.29, 1.82) is 0 Å². The first-order chi connectivity index (χ1) is 11.5. The number of unbranched alkanes of at least 4 members (excludes halogenated alkanes) is 3. The van der Waals surface area contributed by atoms with Crippen molar-refractivity contribution in [3.05, 3.63) is 0 Å². The Labute approximate surface area is 148 Å². The molecular formula is C17H29NO5S. The SMILES string of the molecule is CCCCCCC(=O)[C@H](CCSC)NC(=O)[C@H]1O[C@@H]1C(=O)OCC. The van der Waals surface area contributed by atoms with Crippen LogP contribution in [0.5, 0.6) is 0 Å². The summed E-state index contributed by atoms with van der Waals surface area (Å²) in [6.07, 6.45) is 5.50. The molecule has 0 aromatic rings. The number of thioether (sulfide) groups is 1. The fourth-order valence-corrected chi connectivity index (χ4v) is 2.89. The largest absolute Gasteiger partial charge is 0.464 e. The molecule has 1 amide bonds. The minimum atomic E-state index is -0.828. The highest BCUT2D eigenvalue weighted by Gasteiger charge is 2.52. The first-order valence-corrected chi connectivity index (χ1v) is 10.1. The summed E-state index contributed by atoms with van der Waals surface area (Å²) in [5.74, 6) is -0.0783. The van der Waals surface area contributed by atoms with E-state index in [4.69, 9.17) is 9.47 Å². The Morgan fingerprint density at radius 1 is 1.17 bits per heavy atom. The number of ketones is 1. The van der Waals surface area contributed by atoms with Crippen molar-refractivity contribution in [2.75, 3.05) is 18.6 Å². The summed E-state index contributed by atoms with van der Waals surface area (Å²) in [4.78, 5) is 36.0. The normalized spacial score (nSPS) is 20.3. The molecular weight excluding hydrogens is 330 g/mol. The molecule has 0 aromatic heterocycles. The van der Waals surface area contributed by atoms with Gasteiger partial charge >= 0.3 is 5.97 Å². The number of esters is 1. The highest BCUT2D eigenvalue weighted by Crippen LogP contribution is 2.24. The Kier molecular flexibility index (Phi) is 10.0. The first-order valence-electron chi connectivity index (χ1n) is 8.69. The number of amides is 1. The van der Waals surface area contributed by atoms with Gasteiger partial charge in [0.05, 0.1) is 12.6 Å². The van der Waals surface area contributed by atoms with Gasteiger partial charge in [0, 0.05) is 6.42 Å². The molecule has 6 nitrogen and oxygen atoms in total. The number of hydrogen-bond acceptors (Lipinski definition) is 6. The molecule has 24 heavy (non-hydrogen) atoms. The number of carbonyl (C=O) groups excluding carboxylic acids is 3. The van der Waals surface area contributed by atoms with Crippen LogP contribution in [-0.4, -0.2) is 54.5 Å². The van der Waals surface area contributed by atoms with Gasteiger partial charge in [-0.3, -0.25) is 9.59 Å². The standard InChI is InChI=1S/C17H29NO5S/c1-4-6-7-8-9-13(19)12(10-11-24-3)18-16(20)14-15(23-14)17(21)22-5-2/h12,14-15H,4-11H2,1-3H3,(H,18,20)/t12-,14-,15-/m0/s1. The second kappa shape index (κ2) is 11.5. The number of ether oxygens (including phenoxy) is 2. The van der Waals surface area contributed by atoms with Crippen LogP contribution in [0.2, 0.25) is 0 Å². The summed E-state index contributed by atoms with van der Waals surface area (Å²) in [5.41, 5.74) is 0. The van der Waals surface area contributed by atoms with E-state index in [-0.39, 0.29) is 12.4 Å². The third-order valence-electron chi connectivity index (χ3n) is 3.86. The summed E-state index contributed by atoms with van der Waals surface area (Å²) in [7, 11) is 0. The molecule has 7 heteroatoms. The number of nitrogens with one attached hydrogen (secondary N) is 1. The minimum absolute atomic E-state index is 0.0573. The Bertz CT molecular complexity index is 429. The number of Topliss-reactive ketones (excluding diaryl/α,β-unsaturated/α-hetero) is 1. The van der Waals surface area contributed by atoms with Gasteiger partial charge in [0.2, 0.25) is 0 Å². The number of epoxide rings is 1. The van der Waals surface area contributed by atoms with E-state index in [1.807, 2.05) is 6.26 Å². The van der Waals surface area contributed by atoms with Gasteiger partial charge in [-0.2, -0.15) is 11.8 Å². The van der Waals surface area contributed by atoms with Crippen molar-refractivity contribution >= 4 is 29.4 Å². The lowest BCUT2D eigenvalue weighted by Crippen LogP contribution is -2.44. The van der Waals surface area contributed by atoms with Crippen LogP contribution in [0, 0.1) is 0 Å². The van der Waals surface area contributed by atoms with Crippen LogP contribution >= 0.6 is 11.8 Å². The van der Waals surface area contributed by atoms with Crippen LogP contribution < -0.4 is 5.32 Å². The van der Waals surface area contributed by atoms with Crippen molar-refractivity contribution < 1.29 is 23.9 Å². The fraction of sp³-hybridized carbons (Fsp3) is 0.824. The maximum absolute atomic E-state index is 12.4. The van der Waals surface area contributed by atoms with E-state index in [1.54, 1.807) is 18.7 Å². The Morgan fingerprint density at radius 2 is 1.92 bits per heavy atom. The van der Waals surface area contributed by atoms with Crippen LogP contribution in [0.3, 0.4) is 0 Å². The quantitative estimate of drug-likeness (QED) is 0.308. The smallest absolute Gasteiger partial charge is 0.338 e. The average Bonchev–Trinajstić information content (AvgIpc) is 3.36. The van der Waals surface area contributed by atoms with Crippen molar-refractivity contribution in [3.63, 3.8) is 0 Å². The molecule has 1 aliphatic heterocycles. The van der Waals surface area contributed by atoms with Gasteiger partial charge in [-0.1, -0.05) is 26.2 Å². The molecule has 138 valence electrons. The molecule has 1 aliphatic rings. The average molecular weight is 359 g/mol. The van der Waals surface area contributed by atoms with Crippen molar-refractivity contribution in [2.24, 2.45) is 0 Å². The lowest BCUT2D eigenvalue weighted by Gasteiger charge is -2.17. The molecule has 0 aromatic carbocycles. The summed E-state index contributed by atoms with van der Waals surface area (Å²) >= 11 is 1.63. The number of hydrogen-bond donors (Lipinski definition) is 1. The van der Waals surface area contributed by atoms with Crippen molar-refractivity contribution in [1.82, 2.24) is 5.32 Å². The monoisotopic (exact) mass is 359 g/mol. The molecule has 0 aliphatic carbocycles. The minimum Gasteiger partial charge on any atom is -0.464 e. The number of rotatable bonds is 13. The van der Waals surface area contributed by atoms with Gasteiger partial charge < -0.3 is 14.8 Å². The highest BCUT2D eigenvalue weighted by atomic mass is 32.2. The van der Waals surface area contributed by atoms with Gasteiger partial charge in [0.25, 0.3) is 5.91 Å². The maximum Gasteiger partial charge on any atom is 0.338 e. The third-order valence-corrected chi connectivity index (χ3v) is 4.51. The lowest BCUT2D eigenvalue weighted by atomic mass is 10.0. The van der Waals surface area contributed by atoms with Gasteiger partial charge in [0.1, 0.15) is 0 Å². The molecule has 0 spiro atoms. The van der Waals surface area contributed by atoms with Gasteiger partial charge in [-0.05, 0) is 31.8 Å². The number of carbonyl (C=O) groups is 3. The van der Waals surface area contributed by atoms with Crippen LogP contribution in [0.25, 0.3) is 0 Å². The predicted molar refractivity (Wildman–Crippen MR) is 94.0 cm³/mol. The van der Waals surface area contributed by atoms with E-state index in [2.05, 4.69) is 12.2 Å². The van der Waals surface area contributed by atoms with E-state index >= 15 is 0 Å². The van der Waals surface area contributed by atoms with Crippen LogP contribution in [-0.2, 0) is 23.9 Å². The first kappa shape index (κ1) is 21.0. The topological polar surface area (TPSA) is 85.0 Å². The van der Waals surface area contributed by atoms with Crippen molar-refractivity contribution in [3.8, 4) is 0 Å².